The lowest BCUT2D eigenvalue weighted by atomic mass is 9.70. The Morgan fingerprint density at radius 3 is 2.20 bits per heavy atom. The zero-order valence-corrected chi connectivity index (χ0v) is 24.3. The molecule has 1 fully saturated rings. The van der Waals surface area contributed by atoms with Crippen LogP contribution in [0.15, 0.2) is 121 Å². The SMILES string of the molecule is C=CCC1=C2OCN(c3ccccc3)CC2CC(C(C)(C)c2cc(CC=C)c3c(c2)CN(c2ccccc2)CO3)=C1. The van der Waals surface area contributed by atoms with Crippen molar-refractivity contribution in [2.75, 3.05) is 29.8 Å². The van der Waals surface area contributed by atoms with Gasteiger partial charge >= 0.3 is 0 Å². The lowest BCUT2D eigenvalue weighted by Gasteiger charge is -2.42. The van der Waals surface area contributed by atoms with Gasteiger partial charge in [-0.25, -0.2) is 0 Å². The average Bonchev–Trinajstić information content (AvgIpc) is 3.01. The largest absolute Gasteiger partial charge is 0.477 e. The highest BCUT2D eigenvalue weighted by Gasteiger charge is 2.37. The van der Waals surface area contributed by atoms with Gasteiger partial charge in [0, 0.05) is 41.4 Å². The zero-order chi connectivity index (χ0) is 28.4. The van der Waals surface area contributed by atoms with Gasteiger partial charge in [-0.05, 0) is 66.3 Å². The lowest BCUT2D eigenvalue weighted by Crippen LogP contribution is -2.41. The Labute approximate surface area is 244 Å². The molecule has 0 amide bonds. The summed E-state index contributed by atoms with van der Waals surface area (Å²) in [6.45, 7) is 15.7. The molecule has 0 bridgehead atoms. The highest BCUT2D eigenvalue weighted by molar-refractivity contribution is 5.56. The average molecular weight is 545 g/mol. The molecule has 4 heteroatoms. The van der Waals surface area contributed by atoms with E-state index in [1.165, 1.54) is 39.2 Å². The molecule has 3 aliphatic rings. The first-order valence-electron chi connectivity index (χ1n) is 14.7. The number of fused-ring (bicyclic) bond motifs is 2. The highest BCUT2D eigenvalue weighted by Crippen LogP contribution is 2.46. The summed E-state index contributed by atoms with van der Waals surface area (Å²) in [6.07, 6.45) is 8.93. The number of rotatable bonds is 8. The van der Waals surface area contributed by atoms with E-state index < -0.39 is 0 Å². The summed E-state index contributed by atoms with van der Waals surface area (Å²) in [4.78, 5) is 4.65. The second-order valence-corrected chi connectivity index (χ2v) is 11.8. The predicted molar refractivity (Wildman–Crippen MR) is 169 cm³/mol. The molecule has 41 heavy (non-hydrogen) atoms. The summed E-state index contributed by atoms with van der Waals surface area (Å²) >= 11 is 0. The van der Waals surface area contributed by atoms with E-state index in [2.05, 4.69) is 116 Å². The zero-order valence-electron chi connectivity index (χ0n) is 24.3. The maximum Gasteiger partial charge on any atom is 0.161 e. The fourth-order valence-electron chi connectivity index (χ4n) is 6.46. The highest BCUT2D eigenvalue weighted by atomic mass is 16.5. The monoisotopic (exact) mass is 544 g/mol. The minimum atomic E-state index is -0.174. The molecule has 3 aromatic rings. The number of para-hydroxylation sites is 2. The minimum absolute atomic E-state index is 0.174. The second kappa shape index (κ2) is 11.4. The van der Waals surface area contributed by atoms with Crippen LogP contribution in [0.5, 0.6) is 5.75 Å². The Bertz CT molecular complexity index is 1490. The smallest absolute Gasteiger partial charge is 0.161 e. The number of benzene rings is 3. The van der Waals surface area contributed by atoms with Gasteiger partial charge in [0.05, 0.1) is 0 Å². The van der Waals surface area contributed by atoms with E-state index in [-0.39, 0.29) is 5.41 Å². The molecule has 1 unspecified atom stereocenters. The van der Waals surface area contributed by atoms with Gasteiger partial charge in [-0.2, -0.15) is 0 Å². The molecule has 0 saturated carbocycles. The molecule has 0 aromatic heterocycles. The van der Waals surface area contributed by atoms with Crippen molar-refractivity contribution >= 4 is 11.4 Å². The van der Waals surface area contributed by atoms with Crippen LogP contribution in [0.25, 0.3) is 0 Å². The molecule has 1 aliphatic carbocycles. The van der Waals surface area contributed by atoms with Crippen LogP contribution in [0, 0.1) is 5.92 Å². The Hall–Kier alpha value is -4.18. The number of nitrogens with zero attached hydrogens (tertiary/aromatic N) is 2. The Morgan fingerprint density at radius 2 is 1.51 bits per heavy atom. The van der Waals surface area contributed by atoms with Gasteiger partial charge in [-0.15, -0.1) is 13.2 Å². The molecule has 6 rings (SSSR count). The van der Waals surface area contributed by atoms with Crippen molar-refractivity contribution in [2.24, 2.45) is 5.92 Å². The third-order valence-corrected chi connectivity index (χ3v) is 8.78. The molecule has 210 valence electrons. The van der Waals surface area contributed by atoms with Crippen molar-refractivity contribution in [3.8, 4) is 5.75 Å². The van der Waals surface area contributed by atoms with Crippen LogP contribution < -0.4 is 14.5 Å². The third-order valence-electron chi connectivity index (χ3n) is 8.78. The first-order chi connectivity index (χ1) is 20.0. The van der Waals surface area contributed by atoms with Crippen molar-refractivity contribution < 1.29 is 9.47 Å². The molecule has 1 atom stereocenters. The van der Waals surface area contributed by atoms with Crippen LogP contribution in [-0.4, -0.2) is 20.0 Å². The van der Waals surface area contributed by atoms with E-state index in [1.54, 1.807) is 0 Å². The quantitative estimate of drug-likeness (QED) is 0.266. The van der Waals surface area contributed by atoms with Crippen LogP contribution in [0.4, 0.5) is 11.4 Å². The number of allylic oxidation sites excluding steroid dienone is 5. The minimum Gasteiger partial charge on any atom is -0.477 e. The van der Waals surface area contributed by atoms with Crippen LogP contribution in [-0.2, 0) is 23.1 Å². The first kappa shape index (κ1) is 27.0. The maximum absolute atomic E-state index is 6.44. The van der Waals surface area contributed by atoms with Crippen molar-refractivity contribution in [1.29, 1.82) is 0 Å². The van der Waals surface area contributed by atoms with E-state index in [4.69, 9.17) is 9.47 Å². The molecule has 0 radical (unpaired) electrons. The van der Waals surface area contributed by atoms with E-state index in [0.717, 1.165) is 43.9 Å². The fourth-order valence-corrected chi connectivity index (χ4v) is 6.46. The number of anilines is 2. The van der Waals surface area contributed by atoms with E-state index >= 15 is 0 Å². The number of ether oxygens (including phenoxy) is 2. The Morgan fingerprint density at radius 1 is 0.854 bits per heavy atom. The van der Waals surface area contributed by atoms with Gasteiger partial charge in [0.2, 0.25) is 0 Å². The van der Waals surface area contributed by atoms with Crippen LogP contribution in [0.3, 0.4) is 0 Å². The van der Waals surface area contributed by atoms with Gasteiger partial charge in [-0.1, -0.05) is 80.1 Å². The summed E-state index contributed by atoms with van der Waals surface area (Å²) in [5, 5.41) is 0. The fraction of sp³-hybridized carbons (Fsp3) is 0.297. The summed E-state index contributed by atoms with van der Waals surface area (Å²) in [6, 6.07) is 25.8. The molecule has 1 saturated heterocycles. The van der Waals surface area contributed by atoms with Crippen molar-refractivity contribution in [1.82, 2.24) is 0 Å². The molecular formula is C37H40N2O2. The standard InChI is InChI=1S/C37H40N2O2/c1-5-13-27-19-31(21-29-23-38(25-40-35(27)29)33-15-9-7-10-16-33)37(3,4)32-20-28(14-6-2)36-30(22-32)24-39(26-41-36)34-17-11-8-12-18-34/h5-12,15-21,30H,1-2,13-14,22-26H2,3-4H3. The molecule has 3 aromatic carbocycles. The molecule has 4 nitrogen and oxygen atoms in total. The Balaban J connectivity index is 1.34. The summed E-state index contributed by atoms with van der Waals surface area (Å²) in [5.41, 5.74) is 8.66. The van der Waals surface area contributed by atoms with Crippen molar-refractivity contribution in [2.45, 2.75) is 45.1 Å². The van der Waals surface area contributed by atoms with Gasteiger partial charge < -0.3 is 19.3 Å². The topological polar surface area (TPSA) is 24.9 Å². The van der Waals surface area contributed by atoms with Crippen LogP contribution in [0.2, 0.25) is 0 Å². The van der Waals surface area contributed by atoms with Crippen LogP contribution >= 0.6 is 0 Å². The lowest BCUT2D eigenvalue weighted by molar-refractivity contribution is 0.135. The molecule has 0 spiro atoms. The number of hydrogen-bond donors (Lipinski definition) is 0. The summed E-state index contributed by atoms with van der Waals surface area (Å²) < 4.78 is 12.8. The number of hydrogen-bond acceptors (Lipinski definition) is 4. The molecule has 2 heterocycles. The van der Waals surface area contributed by atoms with Crippen molar-refractivity contribution in [3.05, 3.63) is 138 Å². The van der Waals surface area contributed by atoms with Crippen molar-refractivity contribution in [3.63, 3.8) is 0 Å². The normalized spacial score (nSPS) is 18.5. The maximum atomic E-state index is 6.44. The summed E-state index contributed by atoms with van der Waals surface area (Å²) in [7, 11) is 0. The van der Waals surface area contributed by atoms with E-state index in [9.17, 15) is 0 Å². The first-order valence-corrected chi connectivity index (χ1v) is 14.7. The van der Waals surface area contributed by atoms with E-state index in [1.807, 2.05) is 12.2 Å². The molecule has 0 N–H and O–H groups in total. The van der Waals surface area contributed by atoms with Gasteiger partial charge in [0.1, 0.15) is 11.5 Å². The molecule has 2 aliphatic heterocycles. The van der Waals surface area contributed by atoms with Crippen LogP contribution in [0.1, 0.15) is 43.4 Å². The second-order valence-electron chi connectivity index (χ2n) is 11.8. The van der Waals surface area contributed by atoms with E-state index in [0.29, 0.717) is 19.4 Å². The third kappa shape index (κ3) is 5.31. The summed E-state index contributed by atoms with van der Waals surface area (Å²) in [5.74, 6) is 2.46. The van der Waals surface area contributed by atoms with Gasteiger partial charge in [-0.3, -0.25) is 0 Å². The molecular weight excluding hydrogens is 504 g/mol. The van der Waals surface area contributed by atoms with Gasteiger partial charge in [0.25, 0.3) is 0 Å². The Kier molecular flexibility index (Phi) is 7.49. The predicted octanol–water partition coefficient (Wildman–Crippen LogP) is 8.32. The van der Waals surface area contributed by atoms with Gasteiger partial charge in [0.15, 0.2) is 13.5 Å².